The van der Waals surface area contributed by atoms with Gasteiger partial charge < -0.3 is 26.2 Å². The van der Waals surface area contributed by atoms with Crippen molar-refractivity contribution < 1.29 is 9.59 Å². The molecule has 2 atom stereocenters. The van der Waals surface area contributed by atoms with Gasteiger partial charge in [0.15, 0.2) is 0 Å². The normalized spacial score (nSPS) is 20.7. The third-order valence-corrected chi connectivity index (χ3v) is 6.35. The zero-order valence-corrected chi connectivity index (χ0v) is 18.7. The molecule has 2 aliphatic rings. The monoisotopic (exact) mass is 453 g/mol. The predicted molar refractivity (Wildman–Crippen MR) is 131 cm³/mol. The van der Waals surface area contributed by atoms with Crippen molar-refractivity contribution in [3.63, 3.8) is 0 Å². The van der Waals surface area contributed by atoms with Gasteiger partial charge in [-0.15, -0.1) is 0 Å². The Bertz CT molecular complexity index is 971. The SMILES string of the molecule is C.Cc1cnc(Nc2ccc(C(=O)N3CCN(C)CC3)cc2)nc1N[C@@H]1CCC[C@@H]1C(N)=O. The lowest BCUT2D eigenvalue weighted by Crippen LogP contribution is -2.47. The maximum Gasteiger partial charge on any atom is 0.253 e. The number of aryl methyl sites for hydroxylation is 1. The van der Waals surface area contributed by atoms with Crippen LogP contribution < -0.4 is 16.4 Å². The summed E-state index contributed by atoms with van der Waals surface area (Å²) in [6, 6.07) is 7.37. The molecule has 33 heavy (non-hydrogen) atoms. The van der Waals surface area contributed by atoms with Crippen LogP contribution in [0.5, 0.6) is 0 Å². The van der Waals surface area contributed by atoms with Crippen LogP contribution in [-0.2, 0) is 4.79 Å². The molecule has 1 aromatic carbocycles. The molecule has 1 aliphatic carbocycles. The summed E-state index contributed by atoms with van der Waals surface area (Å²) in [5, 5.41) is 6.58. The Balaban J connectivity index is 0.00000306. The number of nitrogens with one attached hydrogen (secondary N) is 2. The van der Waals surface area contributed by atoms with E-state index >= 15 is 0 Å². The quantitative estimate of drug-likeness (QED) is 0.616. The summed E-state index contributed by atoms with van der Waals surface area (Å²) in [6.45, 7) is 5.22. The summed E-state index contributed by atoms with van der Waals surface area (Å²) >= 11 is 0. The van der Waals surface area contributed by atoms with E-state index in [1.54, 1.807) is 6.20 Å². The smallest absolute Gasteiger partial charge is 0.253 e. The number of aromatic nitrogens is 2. The number of rotatable bonds is 6. The van der Waals surface area contributed by atoms with Crippen LogP contribution in [0.25, 0.3) is 0 Å². The number of nitrogens with zero attached hydrogens (tertiary/aromatic N) is 4. The summed E-state index contributed by atoms with van der Waals surface area (Å²) in [5.41, 5.74) is 7.92. The lowest BCUT2D eigenvalue weighted by molar-refractivity contribution is -0.121. The molecule has 4 N–H and O–H groups in total. The first kappa shape index (κ1) is 24.4. The molecule has 0 spiro atoms. The molecule has 2 fully saturated rings. The number of amides is 2. The number of primary amides is 1. The van der Waals surface area contributed by atoms with Gasteiger partial charge in [-0.3, -0.25) is 9.59 Å². The molecule has 2 aromatic rings. The largest absolute Gasteiger partial charge is 0.369 e. The fraction of sp³-hybridized carbons (Fsp3) is 0.500. The number of hydrogen-bond donors (Lipinski definition) is 3. The van der Waals surface area contributed by atoms with Crippen LogP contribution in [0.4, 0.5) is 17.5 Å². The molecule has 0 unspecified atom stereocenters. The van der Waals surface area contributed by atoms with Crippen molar-refractivity contribution in [2.75, 3.05) is 43.9 Å². The molecule has 9 heteroatoms. The summed E-state index contributed by atoms with van der Waals surface area (Å²) in [6.07, 6.45) is 4.42. The van der Waals surface area contributed by atoms with Gasteiger partial charge in [-0.1, -0.05) is 13.8 Å². The van der Waals surface area contributed by atoms with Gasteiger partial charge in [-0.25, -0.2) is 4.98 Å². The molecule has 1 aliphatic heterocycles. The van der Waals surface area contributed by atoms with Gasteiger partial charge in [0, 0.05) is 55.2 Å². The number of nitrogens with two attached hydrogens (primary N) is 1. The van der Waals surface area contributed by atoms with Gasteiger partial charge >= 0.3 is 0 Å². The van der Waals surface area contributed by atoms with E-state index in [9.17, 15) is 9.59 Å². The van der Waals surface area contributed by atoms with Gasteiger partial charge in [-0.2, -0.15) is 4.98 Å². The molecule has 1 aromatic heterocycles. The van der Waals surface area contributed by atoms with Crippen LogP contribution in [0.3, 0.4) is 0 Å². The molecule has 0 bridgehead atoms. The number of likely N-dealkylation sites (N-methyl/N-ethyl adjacent to an activating group) is 1. The number of piperazine rings is 1. The van der Waals surface area contributed by atoms with Crippen molar-refractivity contribution in [1.29, 1.82) is 0 Å². The van der Waals surface area contributed by atoms with E-state index in [1.165, 1.54) is 0 Å². The van der Waals surface area contributed by atoms with Crippen molar-refractivity contribution >= 4 is 29.3 Å². The summed E-state index contributed by atoms with van der Waals surface area (Å²) in [4.78, 5) is 37.5. The van der Waals surface area contributed by atoms with Crippen LogP contribution in [-0.4, -0.2) is 70.9 Å². The minimum atomic E-state index is -0.267. The Morgan fingerprint density at radius 1 is 1.09 bits per heavy atom. The average Bonchev–Trinajstić information content (AvgIpc) is 3.25. The molecule has 0 radical (unpaired) electrons. The molecular formula is C24H35N7O2. The highest BCUT2D eigenvalue weighted by Crippen LogP contribution is 2.29. The topological polar surface area (TPSA) is 116 Å². The van der Waals surface area contributed by atoms with E-state index in [-0.39, 0.29) is 31.2 Å². The maximum atomic E-state index is 12.7. The summed E-state index contributed by atoms with van der Waals surface area (Å²) in [5.74, 6) is 0.762. The highest BCUT2D eigenvalue weighted by atomic mass is 16.2. The highest BCUT2D eigenvalue weighted by molar-refractivity contribution is 5.94. The van der Waals surface area contributed by atoms with E-state index in [1.807, 2.05) is 36.1 Å². The Morgan fingerprint density at radius 2 is 1.79 bits per heavy atom. The van der Waals surface area contributed by atoms with Gasteiger partial charge in [0.25, 0.3) is 5.91 Å². The summed E-state index contributed by atoms with van der Waals surface area (Å²) in [7, 11) is 2.07. The third kappa shape index (κ3) is 5.78. The molecule has 2 heterocycles. The van der Waals surface area contributed by atoms with Crippen molar-refractivity contribution in [2.24, 2.45) is 11.7 Å². The van der Waals surface area contributed by atoms with E-state index in [4.69, 9.17) is 5.73 Å². The van der Waals surface area contributed by atoms with Crippen LogP contribution in [0.1, 0.15) is 42.6 Å². The fourth-order valence-corrected chi connectivity index (χ4v) is 4.31. The molecule has 178 valence electrons. The highest BCUT2D eigenvalue weighted by Gasteiger charge is 2.32. The maximum absolute atomic E-state index is 12.7. The van der Waals surface area contributed by atoms with E-state index in [0.29, 0.717) is 17.3 Å². The number of carbonyl (C=O) groups is 2. The average molecular weight is 454 g/mol. The second-order valence-electron chi connectivity index (χ2n) is 8.71. The molecule has 1 saturated heterocycles. The first-order valence-corrected chi connectivity index (χ1v) is 11.1. The zero-order valence-electron chi connectivity index (χ0n) is 18.7. The van der Waals surface area contributed by atoms with Crippen LogP contribution in [0.15, 0.2) is 30.5 Å². The Hall–Kier alpha value is -3.20. The number of carbonyl (C=O) groups excluding carboxylic acids is 2. The van der Waals surface area contributed by atoms with E-state index < -0.39 is 0 Å². The number of hydrogen-bond acceptors (Lipinski definition) is 7. The lowest BCUT2D eigenvalue weighted by Gasteiger charge is -2.32. The molecule has 9 nitrogen and oxygen atoms in total. The van der Waals surface area contributed by atoms with Crippen LogP contribution in [0, 0.1) is 12.8 Å². The second kappa shape index (κ2) is 10.6. The minimum absolute atomic E-state index is 0. The fourth-order valence-electron chi connectivity index (χ4n) is 4.31. The van der Waals surface area contributed by atoms with Gasteiger partial charge in [0.05, 0.1) is 5.92 Å². The first-order valence-electron chi connectivity index (χ1n) is 11.1. The predicted octanol–water partition coefficient (Wildman–Crippen LogP) is 2.62. The van der Waals surface area contributed by atoms with Crippen molar-refractivity contribution in [2.45, 2.75) is 39.7 Å². The van der Waals surface area contributed by atoms with Crippen molar-refractivity contribution in [1.82, 2.24) is 19.8 Å². The van der Waals surface area contributed by atoms with Crippen molar-refractivity contribution in [3.8, 4) is 0 Å². The molecule has 4 rings (SSSR count). The number of benzene rings is 1. The molecule has 2 amide bonds. The Labute approximate surface area is 195 Å². The summed E-state index contributed by atoms with van der Waals surface area (Å²) < 4.78 is 0. The Kier molecular flexibility index (Phi) is 7.86. The van der Waals surface area contributed by atoms with Crippen LogP contribution >= 0.6 is 0 Å². The second-order valence-corrected chi connectivity index (χ2v) is 8.71. The van der Waals surface area contributed by atoms with E-state index in [0.717, 1.165) is 56.7 Å². The van der Waals surface area contributed by atoms with Crippen molar-refractivity contribution in [3.05, 3.63) is 41.6 Å². The third-order valence-electron chi connectivity index (χ3n) is 6.35. The standard InChI is InChI=1S/C23H31N7O2.CH4/c1-15-14-25-23(28-21(15)27-19-5-3-4-18(19)20(24)31)26-17-8-6-16(7-9-17)22(32)30-12-10-29(2)11-13-30;/h6-9,14,18-19H,3-5,10-13H2,1-2H3,(H2,24,31)(H2,25,26,27,28);1H4/t18-,19+;/m0./s1. The van der Waals surface area contributed by atoms with Gasteiger partial charge in [0.2, 0.25) is 11.9 Å². The lowest BCUT2D eigenvalue weighted by atomic mass is 10.0. The first-order chi connectivity index (χ1) is 15.4. The Morgan fingerprint density at radius 3 is 2.45 bits per heavy atom. The van der Waals surface area contributed by atoms with Gasteiger partial charge in [0.1, 0.15) is 5.82 Å². The molecule has 1 saturated carbocycles. The molecular weight excluding hydrogens is 418 g/mol. The van der Waals surface area contributed by atoms with Crippen LogP contribution in [0.2, 0.25) is 0 Å². The van der Waals surface area contributed by atoms with Gasteiger partial charge in [-0.05, 0) is 51.1 Å². The van der Waals surface area contributed by atoms with E-state index in [2.05, 4.69) is 32.5 Å². The zero-order chi connectivity index (χ0) is 22.7. The minimum Gasteiger partial charge on any atom is -0.369 e. The number of anilines is 3.